The van der Waals surface area contributed by atoms with Gasteiger partial charge in [0.2, 0.25) is 0 Å². The van der Waals surface area contributed by atoms with Crippen molar-refractivity contribution >= 4 is 29.6 Å². The van der Waals surface area contributed by atoms with E-state index >= 15 is 0 Å². The average molecular weight is 230 g/mol. The Hall–Kier alpha value is -0.500. The van der Waals surface area contributed by atoms with Gasteiger partial charge in [0.1, 0.15) is 0 Å². The van der Waals surface area contributed by atoms with Gasteiger partial charge in [-0.2, -0.15) is 0 Å². The lowest BCUT2D eigenvalue weighted by Gasteiger charge is -2.13. The van der Waals surface area contributed by atoms with E-state index in [1.807, 2.05) is 12.1 Å². The molecule has 1 aromatic rings. The summed E-state index contributed by atoms with van der Waals surface area (Å²) in [4.78, 5) is 0. The van der Waals surface area contributed by atoms with E-state index in [9.17, 15) is 0 Å². The van der Waals surface area contributed by atoms with Crippen LogP contribution in [0.2, 0.25) is 5.02 Å². The quantitative estimate of drug-likeness (QED) is 0.781. The lowest BCUT2D eigenvalue weighted by molar-refractivity contribution is 0.738. The molecule has 1 heterocycles. The van der Waals surface area contributed by atoms with E-state index in [1.165, 1.54) is 11.1 Å². The zero-order valence-corrected chi connectivity index (χ0v) is 9.37. The number of rotatable bonds is 1. The number of hydrogen-bond donors (Lipinski definition) is 1. The highest BCUT2D eigenvalue weighted by molar-refractivity contribution is 6.30. The molecule has 3 heteroatoms. The van der Waals surface area contributed by atoms with Gasteiger partial charge in [-0.1, -0.05) is 29.8 Å². The summed E-state index contributed by atoms with van der Waals surface area (Å²) in [5.74, 6) is 0. The molecule has 1 aromatic carbocycles. The summed E-state index contributed by atoms with van der Waals surface area (Å²) in [6, 6.07) is 8.05. The van der Waals surface area contributed by atoms with E-state index in [2.05, 4.69) is 23.5 Å². The molecule has 0 unspecified atom stereocenters. The van der Waals surface area contributed by atoms with Gasteiger partial charge < -0.3 is 5.32 Å². The molecule has 0 amide bonds. The molecule has 0 aromatic heterocycles. The maximum atomic E-state index is 5.82. The van der Waals surface area contributed by atoms with Crippen LogP contribution in [0.3, 0.4) is 0 Å². The molecular formula is C11H13Cl2N. The Balaban J connectivity index is 0.000000980. The molecule has 0 aliphatic carbocycles. The molecule has 0 bridgehead atoms. The summed E-state index contributed by atoms with van der Waals surface area (Å²) in [5.41, 5.74) is 2.72. The minimum atomic E-state index is 0. The fourth-order valence-electron chi connectivity index (χ4n) is 1.55. The molecule has 2 rings (SSSR count). The van der Waals surface area contributed by atoms with E-state index in [0.29, 0.717) is 0 Å². The normalized spacial score (nSPS) is 15.6. The molecular weight excluding hydrogens is 217 g/mol. The SMILES string of the molecule is Cl.Clc1ccc(C2=CCNCC2)cc1. The summed E-state index contributed by atoms with van der Waals surface area (Å²) >= 11 is 5.82. The van der Waals surface area contributed by atoms with Crippen LogP contribution in [0.15, 0.2) is 30.3 Å². The van der Waals surface area contributed by atoms with Crippen LogP contribution in [0, 0.1) is 0 Å². The van der Waals surface area contributed by atoms with Crippen molar-refractivity contribution in [2.45, 2.75) is 6.42 Å². The second-order valence-corrected chi connectivity index (χ2v) is 3.63. The first kappa shape index (κ1) is 11.6. The first-order chi connectivity index (χ1) is 6.36. The third kappa shape index (κ3) is 2.74. The van der Waals surface area contributed by atoms with Crippen molar-refractivity contribution in [2.24, 2.45) is 0 Å². The molecule has 0 fully saturated rings. The molecule has 0 radical (unpaired) electrons. The van der Waals surface area contributed by atoms with Crippen molar-refractivity contribution < 1.29 is 0 Å². The van der Waals surface area contributed by atoms with Gasteiger partial charge in [0.05, 0.1) is 0 Å². The second kappa shape index (κ2) is 5.40. The Bertz CT molecular complexity index is 317. The summed E-state index contributed by atoms with van der Waals surface area (Å²) in [6.45, 7) is 2.06. The standard InChI is InChI=1S/C11H12ClN.ClH/c12-11-3-1-9(2-4-11)10-5-7-13-8-6-10;/h1-5,13H,6-8H2;1H. The molecule has 0 atom stereocenters. The molecule has 0 saturated heterocycles. The van der Waals surface area contributed by atoms with Gasteiger partial charge in [0.15, 0.2) is 0 Å². The Morgan fingerprint density at radius 3 is 2.43 bits per heavy atom. The first-order valence-electron chi connectivity index (χ1n) is 4.52. The molecule has 1 aliphatic rings. The van der Waals surface area contributed by atoms with Crippen molar-refractivity contribution in [1.29, 1.82) is 0 Å². The van der Waals surface area contributed by atoms with Crippen LogP contribution in [0.1, 0.15) is 12.0 Å². The highest BCUT2D eigenvalue weighted by Crippen LogP contribution is 2.21. The van der Waals surface area contributed by atoms with Gasteiger partial charge in [-0.15, -0.1) is 12.4 Å². The topological polar surface area (TPSA) is 12.0 Å². The van der Waals surface area contributed by atoms with E-state index in [-0.39, 0.29) is 12.4 Å². The van der Waals surface area contributed by atoms with Crippen molar-refractivity contribution in [3.05, 3.63) is 40.9 Å². The Kier molecular flexibility index (Phi) is 4.46. The van der Waals surface area contributed by atoms with Crippen LogP contribution in [0.4, 0.5) is 0 Å². The minimum Gasteiger partial charge on any atom is -0.313 e. The fraction of sp³-hybridized carbons (Fsp3) is 0.273. The molecule has 1 aliphatic heterocycles. The lowest BCUT2D eigenvalue weighted by atomic mass is 10.0. The van der Waals surface area contributed by atoms with Crippen LogP contribution in [0.5, 0.6) is 0 Å². The highest BCUT2D eigenvalue weighted by Gasteiger charge is 2.04. The molecule has 1 N–H and O–H groups in total. The van der Waals surface area contributed by atoms with Crippen LogP contribution >= 0.6 is 24.0 Å². The van der Waals surface area contributed by atoms with Crippen molar-refractivity contribution in [2.75, 3.05) is 13.1 Å². The monoisotopic (exact) mass is 229 g/mol. The van der Waals surface area contributed by atoms with Crippen molar-refractivity contribution in [3.8, 4) is 0 Å². The Morgan fingerprint density at radius 1 is 1.14 bits per heavy atom. The summed E-state index contributed by atoms with van der Waals surface area (Å²) in [7, 11) is 0. The van der Waals surface area contributed by atoms with E-state index < -0.39 is 0 Å². The second-order valence-electron chi connectivity index (χ2n) is 3.19. The maximum absolute atomic E-state index is 5.82. The van der Waals surface area contributed by atoms with Gasteiger partial charge in [-0.3, -0.25) is 0 Å². The zero-order chi connectivity index (χ0) is 9.10. The number of benzene rings is 1. The molecule has 0 saturated carbocycles. The third-order valence-electron chi connectivity index (χ3n) is 2.28. The summed E-state index contributed by atoms with van der Waals surface area (Å²) < 4.78 is 0. The highest BCUT2D eigenvalue weighted by atomic mass is 35.5. The summed E-state index contributed by atoms with van der Waals surface area (Å²) in [5, 5.41) is 4.10. The van der Waals surface area contributed by atoms with Crippen LogP contribution in [-0.2, 0) is 0 Å². The number of nitrogens with one attached hydrogen (secondary N) is 1. The van der Waals surface area contributed by atoms with Crippen LogP contribution in [0.25, 0.3) is 5.57 Å². The average Bonchev–Trinajstić information content (AvgIpc) is 2.20. The smallest absolute Gasteiger partial charge is 0.0406 e. The molecule has 0 spiro atoms. The third-order valence-corrected chi connectivity index (χ3v) is 2.53. The molecule has 1 nitrogen and oxygen atoms in total. The predicted octanol–water partition coefficient (Wildman–Crippen LogP) is 3.14. The fourth-order valence-corrected chi connectivity index (χ4v) is 1.67. The molecule has 76 valence electrons. The van der Waals surface area contributed by atoms with Crippen molar-refractivity contribution in [1.82, 2.24) is 5.32 Å². The van der Waals surface area contributed by atoms with E-state index in [4.69, 9.17) is 11.6 Å². The van der Waals surface area contributed by atoms with Gasteiger partial charge in [-0.05, 0) is 36.2 Å². The van der Waals surface area contributed by atoms with Crippen molar-refractivity contribution in [3.63, 3.8) is 0 Å². The van der Waals surface area contributed by atoms with Gasteiger partial charge in [0.25, 0.3) is 0 Å². The lowest BCUT2D eigenvalue weighted by Crippen LogP contribution is -2.19. The van der Waals surface area contributed by atoms with E-state index in [1.54, 1.807) is 0 Å². The largest absolute Gasteiger partial charge is 0.313 e. The maximum Gasteiger partial charge on any atom is 0.0406 e. The van der Waals surface area contributed by atoms with E-state index in [0.717, 1.165) is 24.5 Å². The van der Waals surface area contributed by atoms with Crippen LogP contribution < -0.4 is 5.32 Å². The number of hydrogen-bond acceptors (Lipinski definition) is 1. The Morgan fingerprint density at radius 2 is 1.86 bits per heavy atom. The van der Waals surface area contributed by atoms with Gasteiger partial charge in [0, 0.05) is 11.6 Å². The first-order valence-corrected chi connectivity index (χ1v) is 4.90. The minimum absolute atomic E-state index is 0. The Labute approximate surface area is 95.6 Å². The van der Waals surface area contributed by atoms with Gasteiger partial charge >= 0.3 is 0 Å². The number of halogens is 2. The summed E-state index contributed by atoms with van der Waals surface area (Å²) in [6.07, 6.45) is 3.36. The predicted molar refractivity (Wildman–Crippen MR) is 64.2 cm³/mol. The van der Waals surface area contributed by atoms with Crippen LogP contribution in [-0.4, -0.2) is 13.1 Å². The molecule has 14 heavy (non-hydrogen) atoms. The van der Waals surface area contributed by atoms with Gasteiger partial charge in [-0.25, -0.2) is 0 Å². The zero-order valence-electron chi connectivity index (χ0n) is 7.79.